The molecule has 0 radical (unpaired) electrons. The molecule has 2 aromatic carbocycles. The summed E-state index contributed by atoms with van der Waals surface area (Å²) in [6.07, 6.45) is 2.50. The summed E-state index contributed by atoms with van der Waals surface area (Å²) >= 11 is 6.20. The van der Waals surface area contributed by atoms with Gasteiger partial charge in [-0.25, -0.2) is 4.39 Å². The molecule has 0 aromatic heterocycles. The van der Waals surface area contributed by atoms with Gasteiger partial charge in [-0.15, -0.1) is 0 Å². The minimum absolute atomic E-state index is 0.217. The lowest BCUT2D eigenvalue weighted by atomic mass is 10.0. The Morgan fingerprint density at radius 1 is 1.11 bits per heavy atom. The predicted octanol–water partition coefficient (Wildman–Crippen LogP) is 4.40. The lowest BCUT2D eigenvalue weighted by molar-refractivity contribution is 0.628. The second kappa shape index (κ2) is 5.32. The quantitative estimate of drug-likeness (QED) is 0.872. The Kier molecular flexibility index (Phi) is 3.54. The van der Waals surface area contributed by atoms with E-state index in [1.807, 2.05) is 24.3 Å². The minimum atomic E-state index is -0.217. The maximum Gasteiger partial charge on any atom is 0.123 e. The average molecular weight is 276 g/mol. The van der Waals surface area contributed by atoms with Crippen molar-refractivity contribution in [3.05, 3.63) is 58.9 Å². The topological polar surface area (TPSA) is 12.0 Å². The van der Waals surface area contributed by atoms with Crippen molar-refractivity contribution in [2.24, 2.45) is 0 Å². The zero-order valence-corrected chi connectivity index (χ0v) is 11.3. The van der Waals surface area contributed by atoms with Crippen molar-refractivity contribution in [2.75, 3.05) is 0 Å². The monoisotopic (exact) mass is 275 g/mol. The van der Waals surface area contributed by atoms with Crippen LogP contribution in [-0.2, 0) is 6.54 Å². The van der Waals surface area contributed by atoms with Crippen molar-refractivity contribution >= 4 is 11.6 Å². The van der Waals surface area contributed by atoms with E-state index >= 15 is 0 Å². The van der Waals surface area contributed by atoms with Crippen LogP contribution >= 0.6 is 11.6 Å². The molecule has 0 bridgehead atoms. The third kappa shape index (κ3) is 3.14. The van der Waals surface area contributed by atoms with Gasteiger partial charge < -0.3 is 5.32 Å². The highest BCUT2D eigenvalue weighted by atomic mass is 35.5. The SMILES string of the molecule is Fc1cccc(-c2ccc(Cl)c(CNC3CC3)c2)c1. The molecule has 1 nitrogen and oxygen atoms in total. The molecular weight excluding hydrogens is 261 g/mol. The minimum Gasteiger partial charge on any atom is -0.310 e. The Hall–Kier alpha value is -1.38. The molecule has 1 fully saturated rings. The number of hydrogen-bond donors (Lipinski definition) is 1. The van der Waals surface area contributed by atoms with Gasteiger partial charge in [0.05, 0.1) is 0 Å². The highest BCUT2D eigenvalue weighted by Gasteiger charge is 2.20. The van der Waals surface area contributed by atoms with Crippen LogP contribution in [0.4, 0.5) is 4.39 Å². The van der Waals surface area contributed by atoms with Crippen molar-refractivity contribution in [3.8, 4) is 11.1 Å². The van der Waals surface area contributed by atoms with Gasteiger partial charge >= 0.3 is 0 Å². The average Bonchev–Trinajstić information content (AvgIpc) is 3.22. The summed E-state index contributed by atoms with van der Waals surface area (Å²) < 4.78 is 13.3. The summed E-state index contributed by atoms with van der Waals surface area (Å²) in [5, 5.41) is 4.20. The van der Waals surface area contributed by atoms with Crippen molar-refractivity contribution in [2.45, 2.75) is 25.4 Å². The molecule has 2 aromatic rings. The molecule has 0 spiro atoms. The number of nitrogens with one attached hydrogen (secondary N) is 1. The molecular formula is C16H15ClFN. The van der Waals surface area contributed by atoms with E-state index in [9.17, 15) is 4.39 Å². The molecule has 0 heterocycles. The number of hydrogen-bond acceptors (Lipinski definition) is 1. The Bertz CT molecular complexity index is 593. The van der Waals surface area contributed by atoms with Crippen LogP contribution in [0.25, 0.3) is 11.1 Å². The molecule has 0 unspecified atom stereocenters. The van der Waals surface area contributed by atoms with Gasteiger partial charge in [-0.1, -0.05) is 29.8 Å². The summed E-state index contributed by atoms with van der Waals surface area (Å²) in [5.41, 5.74) is 2.94. The van der Waals surface area contributed by atoms with Gasteiger partial charge in [0, 0.05) is 17.6 Å². The summed E-state index contributed by atoms with van der Waals surface area (Å²) in [4.78, 5) is 0. The second-order valence-electron chi connectivity index (χ2n) is 4.97. The van der Waals surface area contributed by atoms with Crippen LogP contribution in [0.1, 0.15) is 18.4 Å². The fourth-order valence-corrected chi connectivity index (χ4v) is 2.28. The lowest BCUT2D eigenvalue weighted by Gasteiger charge is -2.09. The summed E-state index contributed by atoms with van der Waals surface area (Å²) in [6.45, 7) is 0.770. The molecule has 98 valence electrons. The largest absolute Gasteiger partial charge is 0.310 e. The van der Waals surface area contributed by atoms with Crippen molar-refractivity contribution < 1.29 is 4.39 Å². The molecule has 0 saturated heterocycles. The fraction of sp³-hybridized carbons (Fsp3) is 0.250. The number of rotatable bonds is 4. The van der Waals surface area contributed by atoms with Crippen molar-refractivity contribution in [3.63, 3.8) is 0 Å². The van der Waals surface area contributed by atoms with E-state index in [0.29, 0.717) is 6.04 Å². The van der Waals surface area contributed by atoms with E-state index in [0.717, 1.165) is 28.3 Å². The first kappa shape index (κ1) is 12.6. The second-order valence-corrected chi connectivity index (χ2v) is 5.38. The van der Waals surface area contributed by atoms with E-state index in [2.05, 4.69) is 5.32 Å². The van der Waals surface area contributed by atoms with Crippen LogP contribution in [0, 0.1) is 5.82 Å². The van der Waals surface area contributed by atoms with Crippen molar-refractivity contribution in [1.29, 1.82) is 0 Å². The zero-order chi connectivity index (χ0) is 13.2. The lowest BCUT2D eigenvalue weighted by Crippen LogP contribution is -2.15. The maximum atomic E-state index is 13.3. The highest BCUT2D eigenvalue weighted by molar-refractivity contribution is 6.31. The molecule has 3 rings (SSSR count). The third-order valence-corrected chi connectivity index (χ3v) is 3.73. The first-order valence-electron chi connectivity index (χ1n) is 6.50. The molecule has 3 heteroatoms. The van der Waals surface area contributed by atoms with Crippen molar-refractivity contribution in [1.82, 2.24) is 5.32 Å². The molecule has 1 N–H and O–H groups in total. The summed E-state index contributed by atoms with van der Waals surface area (Å²) in [5.74, 6) is -0.217. The Balaban J connectivity index is 1.87. The number of halogens is 2. The van der Waals surface area contributed by atoms with Gasteiger partial charge in [-0.3, -0.25) is 0 Å². The Morgan fingerprint density at radius 3 is 2.63 bits per heavy atom. The standard InChI is InChI=1S/C16H15ClFN/c17-16-7-4-12(11-2-1-3-14(18)9-11)8-13(16)10-19-15-5-6-15/h1-4,7-9,15,19H,5-6,10H2. The number of benzene rings is 2. The van der Waals surface area contributed by atoms with E-state index in [-0.39, 0.29) is 5.82 Å². The molecule has 1 aliphatic rings. The van der Waals surface area contributed by atoms with Crippen LogP contribution in [0.5, 0.6) is 0 Å². The van der Waals surface area contributed by atoms with Crippen LogP contribution in [-0.4, -0.2) is 6.04 Å². The van der Waals surface area contributed by atoms with E-state index in [1.165, 1.54) is 18.9 Å². The molecule has 0 amide bonds. The Morgan fingerprint density at radius 2 is 1.89 bits per heavy atom. The molecule has 1 aliphatic carbocycles. The van der Waals surface area contributed by atoms with Gasteiger partial charge in [-0.2, -0.15) is 0 Å². The van der Waals surface area contributed by atoms with Crippen LogP contribution in [0.2, 0.25) is 5.02 Å². The van der Waals surface area contributed by atoms with Gasteiger partial charge in [-0.05, 0) is 53.8 Å². The maximum absolute atomic E-state index is 13.3. The highest BCUT2D eigenvalue weighted by Crippen LogP contribution is 2.27. The van der Waals surface area contributed by atoms with Gasteiger partial charge in [0.25, 0.3) is 0 Å². The smallest absolute Gasteiger partial charge is 0.123 e. The van der Waals surface area contributed by atoms with Crippen LogP contribution < -0.4 is 5.32 Å². The predicted molar refractivity (Wildman–Crippen MR) is 76.7 cm³/mol. The van der Waals surface area contributed by atoms with E-state index in [1.54, 1.807) is 12.1 Å². The Labute approximate surface area is 117 Å². The van der Waals surface area contributed by atoms with Crippen LogP contribution in [0.15, 0.2) is 42.5 Å². The summed E-state index contributed by atoms with van der Waals surface area (Å²) in [6, 6.07) is 13.1. The molecule has 1 saturated carbocycles. The van der Waals surface area contributed by atoms with E-state index < -0.39 is 0 Å². The molecule has 0 atom stereocenters. The molecule has 19 heavy (non-hydrogen) atoms. The van der Waals surface area contributed by atoms with E-state index in [4.69, 9.17) is 11.6 Å². The first-order chi connectivity index (χ1) is 9.22. The van der Waals surface area contributed by atoms with Gasteiger partial charge in [0.1, 0.15) is 5.82 Å². The van der Waals surface area contributed by atoms with Gasteiger partial charge in [0.2, 0.25) is 0 Å². The van der Waals surface area contributed by atoms with Gasteiger partial charge in [0.15, 0.2) is 0 Å². The first-order valence-corrected chi connectivity index (χ1v) is 6.88. The fourth-order valence-electron chi connectivity index (χ4n) is 2.10. The third-order valence-electron chi connectivity index (χ3n) is 3.36. The normalized spacial score (nSPS) is 14.6. The van der Waals surface area contributed by atoms with Crippen LogP contribution in [0.3, 0.4) is 0 Å². The molecule has 0 aliphatic heterocycles. The zero-order valence-electron chi connectivity index (χ0n) is 10.5. The summed E-state index contributed by atoms with van der Waals surface area (Å²) in [7, 11) is 0.